The monoisotopic (exact) mass is 291 g/mol. The van der Waals surface area contributed by atoms with Crippen LogP contribution in [0.4, 0.5) is 0 Å². The third kappa shape index (κ3) is 4.17. The molecule has 1 amide bonds. The molecule has 5 heteroatoms. The first kappa shape index (κ1) is 15.8. The highest BCUT2D eigenvalue weighted by molar-refractivity contribution is 5.81. The topological polar surface area (TPSA) is 54.5 Å². The summed E-state index contributed by atoms with van der Waals surface area (Å²) in [6.45, 7) is 9.05. The lowest BCUT2D eigenvalue weighted by Crippen LogP contribution is -2.38. The van der Waals surface area contributed by atoms with Gasteiger partial charge < -0.3 is 15.0 Å². The molecule has 0 saturated carbocycles. The summed E-state index contributed by atoms with van der Waals surface area (Å²) in [6, 6.07) is 3.82. The van der Waals surface area contributed by atoms with Gasteiger partial charge in [0.2, 0.25) is 0 Å². The van der Waals surface area contributed by atoms with E-state index >= 15 is 0 Å². The third-order valence-electron chi connectivity index (χ3n) is 3.68. The predicted molar refractivity (Wildman–Crippen MR) is 82.3 cm³/mol. The van der Waals surface area contributed by atoms with Crippen molar-refractivity contribution in [2.75, 3.05) is 19.6 Å². The maximum absolute atomic E-state index is 12.3. The lowest BCUT2D eigenvalue weighted by atomic mass is 10.2. The molecule has 1 aromatic rings. The Morgan fingerprint density at radius 3 is 2.81 bits per heavy atom. The number of rotatable bonds is 6. The van der Waals surface area contributed by atoms with Gasteiger partial charge in [0, 0.05) is 25.3 Å². The van der Waals surface area contributed by atoms with Crippen LogP contribution in [0.3, 0.4) is 0 Å². The number of ether oxygens (including phenoxy) is 1. The van der Waals surface area contributed by atoms with Crippen LogP contribution in [0.5, 0.6) is 5.75 Å². The molecule has 1 N–H and O–H groups in total. The van der Waals surface area contributed by atoms with Crippen LogP contribution < -0.4 is 10.1 Å². The van der Waals surface area contributed by atoms with Crippen LogP contribution in [-0.2, 0) is 11.3 Å². The molecular formula is C16H25N3O2. The number of likely N-dealkylation sites (tertiary alicyclic amines) is 1. The number of amides is 1. The number of pyridine rings is 1. The standard InChI is InChI=1S/C16H25N3O2/c1-4-17-11-14-15(8-7-12(2)18-14)21-13(3)16(20)19-9-5-6-10-19/h7-8,13,17H,4-6,9-11H2,1-3H3. The number of aromatic nitrogens is 1. The lowest BCUT2D eigenvalue weighted by Gasteiger charge is -2.22. The summed E-state index contributed by atoms with van der Waals surface area (Å²) < 4.78 is 5.88. The highest BCUT2D eigenvalue weighted by Gasteiger charge is 2.25. The van der Waals surface area contributed by atoms with E-state index in [0.29, 0.717) is 12.3 Å². The molecule has 5 nitrogen and oxygen atoms in total. The number of nitrogens with zero attached hydrogens (tertiary/aromatic N) is 2. The van der Waals surface area contributed by atoms with Gasteiger partial charge in [0.05, 0.1) is 5.69 Å². The van der Waals surface area contributed by atoms with Crippen molar-refractivity contribution in [1.29, 1.82) is 0 Å². The van der Waals surface area contributed by atoms with E-state index in [9.17, 15) is 4.79 Å². The molecule has 1 saturated heterocycles. The second-order valence-corrected chi connectivity index (χ2v) is 5.47. The smallest absolute Gasteiger partial charge is 0.263 e. The first-order chi connectivity index (χ1) is 10.1. The van der Waals surface area contributed by atoms with E-state index in [2.05, 4.69) is 17.2 Å². The van der Waals surface area contributed by atoms with Gasteiger partial charge in [0.25, 0.3) is 5.91 Å². The van der Waals surface area contributed by atoms with Crippen molar-refractivity contribution in [1.82, 2.24) is 15.2 Å². The number of aryl methyl sites for hydroxylation is 1. The van der Waals surface area contributed by atoms with E-state index in [-0.39, 0.29) is 5.91 Å². The summed E-state index contributed by atoms with van der Waals surface area (Å²) in [5, 5.41) is 3.25. The molecular weight excluding hydrogens is 266 g/mol. The summed E-state index contributed by atoms with van der Waals surface area (Å²) in [5.74, 6) is 0.768. The van der Waals surface area contributed by atoms with Crippen molar-refractivity contribution >= 4 is 5.91 Å². The number of hydrogen-bond acceptors (Lipinski definition) is 4. The Bertz CT molecular complexity index is 484. The molecule has 1 atom stereocenters. The number of carbonyl (C=O) groups excluding carboxylic acids is 1. The summed E-state index contributed by atoms with van der Waals surface area (Å²) in [7, 11) is 0. The fourth-order valence-corrected chi connectivity index (χ4v) is 2.51. The van der Waals surface area contributed by atoms with E-state index in [1.54, 1.807) is 0 Å². The van der Waals surface area contributed by atoms with Crippen molar-refractivity contribution in [3.63, 3.8) is 0 Å². The summed E-state index contributed by atoms with van der Waals surface area (Å²) in [6.07, 6.45) is 1.72. The summed E-state index contributed by atoms with van der Waals surface area (Å²) >= 11 is 0. The number of hydrogen-bond donors (Lipinski definition) is 1. The molecule has 116 valence electrons. The molecule has 0 bridgehead atoms. The van der Waals surface area contributed by atoms with Crippen LogP contribution in [0.15, 0.2) is 12.1 Å². The van der Waals surface area contributed by atoms with Crippen molar-refractivity contribution in [2.24, 2.45) is 0 Å². The van der Waals surface area contributed by atoms with Crippen molar-refractivity contribution < 1.29 is 9.53 Å². The minimum absolute atomic E-state index is 0.0717. The quantitative estimate of drug-likeness (QED) is 0.869. The second kappa shape index (κ2) is 7.41. The Morgan fingerprint density at radius 1 is 1.43 bits per heavy atom. The zero-order valence-electron chi connectivity index (χ0n) is 13.2. The molecule has 1 aliphatic rings. The molecule has 1 fully saturated rings. The lowest BCUT2D eigenvalue weighted by molar-refractivity contribution is -0.136. The zero-order valence-corrected chi connectivity index (χ0v) is 13.2. The Balaban J connectivity index is 2.05. The van der Waals surface area contributed by atoms with E-state index in [4.69, 9.17) is 4.74 Å². The van der Waals surface area contributed by atoms with E-state index in [1.165, 1.54) is 0 Å². The summed E-state index contributed by atoms with van der Waals surface area (Å²) in [4.78, 5) is 18.7. The first-order valence-electron chi connectivity index (χ1n) is 7.74. The van der Waals surface area contributed by atoms with Crippen LogP contribution in [0.25, 0.3) is 0 Å². The highest BCUT2D eigenvalue weighted by Crippen LogP contribution is 2.20. The first-order valence-corrected chi connectivity index (χ1v) is 7.74. The third-order valence-corrected chi connectivity index (χ3v) is 3.68. The van der Waals surface area contributed by atoms with Crippen LogP contribution >= 0.6 is 0 Å². The van der Waals surface area contributed by atoms with Crippen LogP contribution in [0, 0.1) is 6.92 Å². The van der Waals surface area contributed by atoms with Crippen molar-refractivity contribution in [3.8, 4) is 5.75 Å². The molecule has 1 unspecified atom stereocenters. The molecule has 0 aliphatic carbocycles. The highest BCUT2D eigenvalue weighted by atomic mass is 16.5. The largest absolute Gasteiger partial charge is 0.479 e. The van der Waals surface area contributed by atoms with E-state index < -0.39 is 6.10 Å². The van der Waals surface area contributed by atoms with Crippen molar-refractivity contribution in [3.05, 3.63) is 23.5 Å². The van der Waals surface area contributed by atoms with Gasteiger partial charge in [-0.25, -0.2) is 0 Å². The minimum atomic E-state index is -0.465. The normalized spacial score (nSPS) is 16.0. The van der Waals surface area contributed by atoms with Gasteiger partial charge in [0.15, 0.2) is 6.10 Å². The Morgan fingerprint density at radius 2 is 2.14 bits per heavy atom. The summed E-state index contributed by atoms with van der Waals surface area (Å²) in [5.41, 5.74) is 1.81. The average molecular weight is 291 g/mol. The molecule has 2 rings (SSSR count). The zero-order chi connectivity index (χ0) is 15.2. The SMILES string of the molecule is CCNCc1nc(C)ccc1OC(C)C(=O)N1CCCC1. The fourth-order valence-electron chi connectivity index (χ4n) is 2.51. The molecule has 2 heterocycles. The van der Waals surface area contributed by atoms with Gasteiger partial charge in [-0.15, -0.1) is 0 Å². The fraction of sp³-hybridized carbons (Fsp3) is 0.625. The van der Waals surface area contributed by atoms with Gasteiger partial charge in [-0.05, 0) is 45.4 Å². The maximum Gasteiger partial charge on any atom is 0.263 e. The van der Waals surface area contributed by atoms with Gasteiger partial charge in [-0.2, -0.15) is 0 Å². The molecule has 0 spiro atoms. The van der Waals surface area contributed by atoms with Crippen LogP contribution in [-0.4, -0.2) is 41.5 Å². The molecule has 21 heavy (non-hydrogen) atoms. The van der Waals surface area contributed by atoms with Crippen LogP contribution in [0.1, 0.15) is 38.1 Å². The molecule has 0 aromatic carbocycles. The Labute approximate surface area is 126 Å². The van der Waals surface area contributed by atoms with E-state index in [1.807, 2.05) is 30.9 Å². The second-order valence-electron chi connectivity index (χ2n) is 5.47. The van der Waals surface area contributed by atoms with Gasteiger partial charge in [0.1, 0.15) is 5.75 Å². The molecule has 0 radical (unpaired) electrons. The predicted octanol–water partition coefficient (Wildman–Crippen LogP) is 1.89. The number of carbonyl (C=O) groups is 1. The van der Waals surface area contributed by atoms with Gasteiger partial charge >= 0.3 is 0 Å². The van der Waals surface area contributed by atoms with E-state index in [0.717, 1.165) is 43.9 Å². The molecule has 1 aliphatic heterocycles. The number of nitrogens with one attached hydrogen (secondary N) is 1. The average Bonchev–Trinajstić information content (AvgIpc) is 3.00. The Hall–Kier alpha value is -1.62. The van der Waals surface area contributed by atoms with Gasteiger partial charge in [-0.3, -0.25) is 9.78 Å². The van der Waals surface area contributed by atoms with Crippen LogP contribution in [0.2, 0.25) is 0 Å². The Kier molecular flexibility index (Phi) is 5.56. The van der Waals surface area contributed by atoms with Gasteiger partial charge in [-0.1, -0.05) is 6.92 Å². The minimum Gasteiger partial charge on any atom is -0.479 e. The van der Waals surface area contributed by atoms with Crippen molar-refractivity contribution in [2.45, 2.75) is 46.3 Å². The maximum atomic E-state index is 12.3. The molecule has 1 aromatic heterocycles.